The summed E-state index contributed by atoms with van der Waals surface area (Å²) in [6.45, 7) is 3.07. The molecule has 0 unspecified atom stereocenters. The van der Waals surface area contributed by atoms with Gasteiger partial charge in [-0.1, -0.05) is 18.2 Å². The molecule has 2 aromatic rings. The molecule has 1 aromatic carbocycles. The molecule has 0 saturated carbocycles. The van der Waals surface area contributed by atoms with Crippen LogP contribution in [0.1, 0.15) is 12.5 Å². The van der Waals surface area contributed by atoms with Crippen LogP contribution in [0.25, 0.3) is 5.69 Å². The average molecular weight is 258 g/mol. The zero-order valence-corrected chi connectivity index (χ0v) is 11.2. The molecule has 0 aliphatic rings. The molecule has 0 fully saturated rings. The SMILES string of the molecule is CCNC(=O)N(C)Cc1cnn(-c2ccccc2)c1. The predicted molar refractivity (Wildman–Crippen MR) is 74.1 cm³/mol. The highest BCUT2D eigenvalue weighted by Gasteiger charge is 2.09. The Balaban J connectivity index is 2.04. The molecule has 5 heteroatoms. The van der Waals surface area contributed by atoms with Crippen LogP contribution in [0.3, 0.4) is 0 Å². The van der Waals surface area contributed by atoms with Crippen molar-refractivity contribution in [2.24, 2.45) is 0 Å². The maximum Gasteiger partial charge on any atom is 0.317 e. The minimum atomic E-state index is -0.0741. The van der Waals surface area contributed by atoms with Crippen LogP contribution in [0, 0.1) is 0 Å². The van der Waals surface area contributed by atoms with Gasteiger partial charge in [0.1, 0.15) is 0 Å². The molecule has 0 spiro atoms. The Morgan fingerprint density at radius 1 is 1.37 bits per heavy atom. The third-order valence-corrected chi connectivity index (χ3v) is 2.75. The van der Waals surface area contributed by atoms with Crippen molar-refractivity contribution < 1.29 is 4.79 Å². The normalized spacial score (nSPS) is 10.2. The highest BCUT2D eigenvalue weighted by atomic mass is 16.2. The van der Waals surface area contributed by atoms with Gasteiger partial charge < -0.3 is 10.2 Å². The van der Waals surface area contributed by atoms with E-state index in [2.05, 4.69) is 10.4 Å². The molecule has 1 heterocycles. The van der Waals surface area contributed by atoms with E-state index in [1.165, 1.54) is 0 Å². The number of nitrogens with zero attached hydrogens (tertiary/aromatic N) is 3. The number of urea groups is 1. The fourth-order valence-corrected chi connectivity index (χ4v) is 1.80. The maximum atomic E-state index is 11.6. The number of rotatable bonds is 4. The smallest absolute Gasteiger partial charge is 0.317 e. The van der Waals surface area contributed by atoms with Crippen LogP contribution < -0.4 is 5.32 Å². The monoisotopic (exact) mass is 258 g/mol. The Bertz CT molecular complexity index is 535. The minimum Gasteiger partial charge on any atom is -0.338 e. The largest absolute Gasteiger partial charge is 0.338 e. The van der Waals surface area contributed by atoms with Crippen molar-refractivity contribution in [3.05, 3.63) is 48.3 Å². The number of aromatic nitrogens is 2. The zero-order valence-electron chi connectivity index (χ0n) is 11.2. The van der Waals surface area contributed by atoms with Gasteiger partial charge in [0, 0.05) is 25.4 Å². The highest BCUT2D eigenvalue weighted by Crippen LogP contribution is 2.09. The number of hydrogen-bond donors (Lipinski definition) is 1. The maximum absolute atomic E-state index is 11.6. The number of carbonyl (C=O) groups excluding carboxylic acids is 1. The molecule has 2 amide bonds. The van der Waals surface area contributed by atoms with Crippen molar-refractivity contribution in [3.8, 4) is 5.69 Å². The third-order valence-electron chi connectivity index (χ3n) is 2.75. The first-order valence-corrected chi connectivity index (χ1v) is 6.28. The first kappa shape index (κ1) is 13.1. The lowest BCUT2D eigenvalue weighted by Gasteiger charge is -2.16. The summed E-state index contributed by atoms with van der Waals surface area (Å²) < 4.78 is 1.81. The standard InChI is InChI=1S/C14H18N4O/c1-3-15-14(19)17(2)10-12-9-16-18(11-12)13-7-5-4-6-8-13/h4-9,11H,3,10H2,1-2H3,(H,15,19). The Kier molecular flexibility index (Phi) is 4.18. The fourth-order valence-electron chi connectivity index (χ4n) is 1.80. The number of benzene rings is 1. The van der Waals surface area contributed by atoms with Gasteiger partial charge in [-0.3, -0.25) is 0 Å². The Morgan fingerprint density at radius 2 is 2.11 bits per heavy atom. The average Bonchev–Trinajstić information content (AvgIpc) is 2.88. The molecule has 2 rings (SSSR count). The fraction of sp³-hybridized carbons (Fsp3) is 0.286. The predicted octanol–water partition coefficient (Wildman–Crippen LogP) is 2.03. The molecule has 0 saturated heterocycles. The molecule has 0 radical (unpaired) electrons. The third kappa shape index (κ3) is 3.34. The number of hydrogen-bond acceptors (Lipinski definition) is 2. The van der Waals surface area contributed by atoms with Crippen LogP contribution in [0.5, 0.6) is 0 Å². The molecule has 0 bridgehead atoms. The Morgan fingerprint density at radius 3 is 2.79 bits per heavy atom. The Labute approximate surface area is 112 Å². The number of carbonyl (C=O) groups is 1. The first-order chi connectivity index (χ1) is 9.20. The number of para-hydroxylation sites is 1. The van der Waals surface area contributed by atoms with Crippen LogP contribution in [0.2, 0.25) is 0 Å². The summed E-state index contributed by atoms with van der Waals surface area (Å²) in [5.41, 5.74) is 2.01. The second-order valence-electron chi connectivity index (χ2n) is 4.32. The summed E-state index contributed by atoms with van der Waals surface area (Å²) in [5, 5.41) is 7.07. The molecule has 19 heavy (non-hydrogen) atoms. The Hall–Kier alpha value is -2.30. The summed E-state index contributed by atoms with van der Waals surface area (Å²) in [5.74, 6) is 0. The van der Waals surface area contributed by atoms with Gasteiger partial charge in [-0.25, -0.2) is 9.48 Å². The zero-order chi connectivity index (χ0) is 13.7. The lowest BCUT2D eigenvalue weighted by atomic mass is 10.3. The molecule has 5 nitrogen and oxygen atoms in total. The topological polar surface area (TPSA) is 50.2 Å². The van der Waals surface area contributed by atoms with E-state index in [1.54, 1.807) is 22.8 Å². The molecular formula is C14H18N4O. The van der Waals surface area contributed by atoms with Gasteiger partial charge in [0.15, 0.2) is 0 Å². The molecule has 100 valence electrons. The van der Waals surface area contributed by atoms with Gasteiger partial charge in [0.25, 0.3) is 0 Å². The molecule has 1 N–H and O–H groups in total. The van der Waals surface area contributed by atoms with E-state index in [0.29, 0.717) is 13.1 Å². The van der Waals surface area contributed by atoms with E-state index in [4.69, 9.17) is 0 Å². The summed E-state index contributed by atoms with van der Waals surface area (Å²) in [7, 11) is 1.77. The number of nitrogens with one attached hydrogen (secondary N) is 1. The summed E-state index contributed by atoms with van der Waals surface area (Å²) in [6.07, 6.45) is 3.72. The summed E-state index contributed by atoms with van der Waals surface area (Å²) in [6, 6.07) is 9.82. The molecule has 0 atom stereocenters. The van der Waals surface area contributed by atoms with E-state index >= 15 is 0 Å². The van der Waals surface area contributed by atoms with Crippen LogP contribution >= 0.6 is 0 Å². The van der Waals surface area contributed by atoms with Crippen molar-refractivity contribution in [2.45, 2.75) is 13.5 Å². The van der Waals surface area contributed by atoms with E-state index < -0.39 is 0 Å². The van der Waals surface area contributed by atoms with E-state index in [1.807, 2.05) is 43.5 Å². The van der Waals surface area contributed by atoms with Crippen molar-refractivity contribution in [1.29, 1.82) is 0 Å². The molecule has 1 aromatic heterocycles. The van der Waals surface area contributed by atoms with Gasteiger partial charge in [-0.2, -0.15) is 5.10 Å². The first-order valence-electron chi connectivity index (χ1n) is 6.28. The van der Waals surface area contributed by atoms with E-state index in [0.717, 1.165) is 11.3 Å². The minimum absolute atomic E-state index is 0.0741. The van der Waals surface area contributed by atoms with Crippen molar-refractivity contribution in [1.82, 2.24) is 20.0 Å². The molecular weight excluding hydrogens is 240 g/mol. The number of amides is 2. The van der Waals surface area contributed by atoms with Crippen molar-refractivity contribution in [2.75, 3.05) is 13.6 Å². The van der Waals surface area contributed by atoms with E-state index in [9.17, 15) is 4.79 Å². The van der Waals surface area contributed by atoms with Crippen LogP contribution in [-0.4, -0.2) is 34.3 Å². The van der Waals surface area contributed by atoms with Crippen molar-refractivity contribution in [3.63, 3.8) is 0 Å². The summed E-state index contributed by atoms with van der Waals surface area (Å²) in [4.78, 5) is 13.2. The van der Waals surface area contributed by atoms with Gasteiger partial charge in [-0.05, 0) is 19.1 Å². The van der Waals surface area contributed by atoms with E-state index in [-0.39, 0.29) is 6.03 Å². The lowest BCUT2D eigenvalue weighted by Crippen LogP contribution is -2.36. The second-order valence-corrected chi connectivity index (χ2v) is 4.32. The van der Waals surface area contributed by atoms with Crippen LogP contribution in [-0.2, 0) is 6.54 Å². The molecule has 0 aliphatic heterocycles. The summed E-state index contributed by atoms with van der Waals surface area (Å²) >= 11 is 0. The molecule has 0 aliphatic carbocycles. The van der Waals surface area contributed by atoms with Gasteiger partial charge in [0.05, 0.1) is 18.4 Å². The van der Waals surface area contributed by atoms with Crippen molar-refractivity contribution >= 4 is 6.03 Å². The second kappa shape index (κ2) is 6.04. The van der Waals surface area contributed by atoms with Crippen LogP contribution in [0.15, 0.2) is 42.7 Å². The van der Waals surface area contributed by atoms with Gasteiger partial charge >= 0.3 is 6.03 Å². The van der Waals surface area contributed by atoms with Crippen LogP contribution in [0.4, 0.5) is 4.79 Å². The van der Waals surface area contributed by atoms with Gasteiger partial charge in [0.2, 0.25) is 0 Å². The lowest BCUT2D eigenvalue weighted by molar-refractivity contribution is 0.207. The highest BCUT2D eigenvalue weighted by molar-refractivity contribution is 5.73. The quantitative estimate of drug-likeness (QED) is 0.912. The van der Waals surface area contributed by atoms with Gasteiger partial charge in [-0.15, -0.1) is 0 Å².